The molecule has 34 heavy (non-hydrogen) atoms. The molecule has 2 fully saturated rings. The largest absolute Gasteiger partial charge is 0.289 e. The van der Waals surface area contributed by atoms with E-state index < -0.39 is 4.92 Å². The Morgan fingerprint density at radius 2 is 1.32 bits per heavy atom. The van der Waals surface area contributed by atoms with Crippen LogP contribution in [0.5, 0.6) is 0 Å². The van der Waals surface area contributed by atoms with Crippen LogP contribution in [0.15, 0.2) is 48.5 Å². The fraction of sp³-hybridized carbons (Fsp3) is 0.567. The zero-order valence-electron chi connectivity index (χ0n) is 20.6. The van der Waals surface area contributed by atoms with Crippen molar-refractivity contribution in [2.75, 3.05) is 0 Å². The van der Waals surface area contributed by atoms with Gasteiger partial charge in [-0.1, -0.05) is 69.7 Å². The minimum atomic E-state index is -0.447. The molecule has 0 unspecified atom stereocenters. The molecule has 0 atom stereocenters. The third-order valence-corrected chi connectivity index (χ3v) is 8.53. The fourth-order valence-corrected chi connectivity index (χ4v) is 6.36. The Labute approximate surface area is 204 Å². The highest BCUT2D eigenvalue weighted by atomic mass is 16.6. The molecule has 0 N–H and O–H groups in total. The van der Waals surface area contributed by atoms with E-state index in [4.69, 9.17) is 0 Å². The van der Waals surface area contributed by atoms with Gasteiger partial charge in [-0.15, -0.1) is 0 Å². The quantitative estimate of drug-likeness (QED) is 0.163. The third kappa shape index (κ3) is 6.14. The number of rotatable bonds is 9. The van der Waals surface area contributed by atoms with Crippen molar-refractivity contribution in [3.05, 3.63) is 75.3 Å². The SMILES string of the molecule is CCCCCC1CCC(C2CCC(c3ccc(C(=O)c4ccc([N+](=O)[O-])cc4)cc3)CC2)CC1. The molecule has 2 saturated carbocycles. The maximum absolute atomic E-state index is 12.8. The van der Waals surface area contributed by atoms with Crippen molar-refractivity contribution in [3.8, 4) is 0 Å². The molecule has 0 aliphatic heterocycles. The van der Waals surface area contributed by atoms with Crippen LogP contribution in [0.3, 0.4) is 0 Å². The maximum Gasteiger partial charge on any atom is 0.269 e. The predicted octanol–water partition coefficient (Wildman–Crippen LogP) is 8.49. The van der Waals surface area contributed by atoms with Gasteiger partial charge in [0, 0.05) is 23.3 Å². The van der Waals surface area contributed by atoms with Gasteiger partial charge in [0.2, 0.25) is 0 Å². The topological polar surface area (TPSA) is 60.2 Å². The smallest absolute Gasteiger partial charge is 0.269 e. The second-order valence-corrected chi connectivity index (χ2v) is 10.6. The summed E-state index contributed by atoms with van der Waals surface area (Å²) in [6, 6.07) is 13.9. The van der Waals surface area contributed by atoms with Crippen LogP contribution >= 0.6 is 0 Å². The highest BCUT2D eigenvalue weighted by Gasteiger charge is 2.31. The average molecular weight is 462 g/mol. The molecule has 0 spiro atoms. The minimum Gasteiger partial charge on any atom is -0.289 e. The molecule has 2 aliphatic carbocycles. The van der Waals surface area contributed by atoms with Crippen LogP contribution in [0.25, 0.3) is 0 Å². The van der Waals surface area contributed by atoms with Crippen LogP contribution in [0, 0.1) is 27.9 Å². The molecule has 0 saturated heterocycles. The van der Waals surface area contributed by atoms with Gasteiger partial charge in [0.05, 0.1) is 4.92 Å². The summed E-state index contributed by atoms with van der Waals surface area (Å²) in [6.07, 6.45) is 16.6. The third-order valence-electron chi connectivity index (χ3n) is 8.53. The van der Waals surface area contributed by atoms with Crippen LogP contribution in [0.2, 0.25) is 0 Å². The standard InChI is InChI=1S/C30H39NO3/c1-2-3-4-5-22-6-8-23(9-7-22)24-10-12-25(13-11-24)26-14-16-27(17-15-26)30(32)28-18-20-29(21-19-28)31(33)34/h14-25H,2-13H2,1H3. The van der Waals surface area contributed by atoms with E-state index in [1.807, 2.05) is 12.1 Å². The van der Waals surface area contributed by atoms with E-state index in [-0.39, 0.29) is 11.5 Å². The van der Waals surface area contributed by atoms with Gasteiger partial charge >= 0.3 is 0 Å². The van der Waals surface area contributed by atoms with E-state index in [0.29, 0.717) is 17.0 Å². The van der Waals surface area contributed by atoms with E-state index in [1.54, 1.807) is 0 Å². The van der Waals surface area contributed by atoms with Gasteiger partial charge in [0.1, 0.15) is 0 Å². The van der Waals surface area contributed by atoms with Gasteiger partial charge in [-0.05, 0) is 79.9 Å². The molecule has 2 aromatic carbocycles. The normalized spacial score (nSPS) is 25.1. The van der Waals surface area contributed by atoms with Crippen molar-refractivity contribution < 1.29 is 9.72 Å². The van der Waals surface area contributed by atoms with Crippen molar-refractivity contribution >= 4 is 11.5 Å². The zero-order chi connectivity index (χ0) is 23.9. The molecule has 4 heteroatoms. The Morgan fingerprint density at radius 1 is 0.794 bits per heavy atom. The van der Waals surface area contributed by atoms with Crippen molar-refractivity contribution in [2.45, 2.75) is 89.9 Å². The summed E-state index contributed by atoms with van der Waals surface area (Å²) in [5, 5.41) is 10.8. The molecule has 4 rings (SSSR count). The van der Waals surface area contributed by atoms with Crippen molar-refractivity contribution in [1.29, 1.82) is 0 Å². The predicted molar refractivity (Wildman–Crippen MR) is 137 cm³/mol. The van der Waals surface area contributed by atoms with Crippen molar-refractivity contribution in [2.24, 2.45) is 17.8 Å². The maximum atomic E-state index is 12.8. The second-order valence-electron chi connectivity index (χ2n) is 10.6. The molecular formula is C30H39NO3. The van der Waals surface area contributed by atoms with Crippen LogP contribution in [-0.4, -0.2) is 10.7 Å². The van der Waals surface area contributed by atoms with Gasteiger partial charge < -0.3 is 0 Å². The van der Waals surface area contributed by atoms with Gasteiger partial charge in [-0.25, -0.2) is 0 Å². The monoisotopic (exact) mass is 461 g/mol. The number of benzene rings is 2. The summed E-state index contributed by atoms with van der Waals surface area (Å²) in [4.78, 5) is 23.1. The Kier molecular flexibility index (Phi) is 8.53. The summed E-state index contributed by atoms with van der Waals surface area (Å²) in [6.45, 7) is 2.29. The Morgan fingerprint density at radius 3 is 1.85 bits per heavy atom. The lowest BCUT2D eigenvalue weighted by Crippen LogP contribution is -2.25. The Hall–Kier alpha value is -2.49. The van der Waals surface area contributed by atoms with Crippen LogP contribution in [-0.2, 0) is 0 Å². The van der Waals surface area contributed by atoms with Crippen molar-refractivity contribution in [3.63, 3.8) is 0 Å². The molecule has 2 aliphatic rings. The van der Waals surface area contributed by atoms with E-state index >= 15 is 0 Å². The number of unbranched alkanes of at least 4 members (excludes halogenated alkanes) is 2. The minimum absolute atomic E-state index is 0.00233. The number of nitro benzene ring substituents is 1. The fourth-order valence-electron chi connectivity index (χ4n) is 6.36. The highest BCUT2D eigenvalue weighted by Crippen LogP contribution is 2.44. The van der Waals surface area contributed by atoms with Crippen LogP contribution < -0.4 is 0 Å². The number of non-ortho nitro benzene ring substituents is 1. The molecular weight excluding hydrogens is 422 g/mol. The molecule has 4 nitrogen and oxygen atoms in total. The van der Waals surface area contributed by atoms with Crippen LogP contribution in [0.4, 0.5) is 5.69 Å². The summed E-state index contributed by atoms with van der Waals surface area (Å²) in [7, 11) is 0. The summed E-state index contributed by atoms with van der Waals surface area (Å²) in [5.41, 5.74) is 2.47. The van der Waals surface area contributed by atoms with Gasteiger partial charge in [0.25, 0.3) is 5.69 Å². The Bertz CT molecular complexity index is 934. The average Bonchev–Trinajstić information content (AvgIpc) is 2.89. The molecule has 0 aromatic heterocycles. The summed E-state index contributed by atoms with van der Waals surface area (Å²) in [5.74, 6) is 3.37. The lowest BCUT2D eigenvalue weighted by molar-refractivity contribution is -0.384. The van der Waals surface area contributed by atoms with Gasteiger partial charge in [-0.2, -0.15) is 0 Å². The summed E-state index contributed by atoms with van der Waals surface area (Å²) >= 11 is 0. The molecule has 0 radical (unpaired) electrons. The highest BCUT2D eigenvalue weighted by molar-refractivity contribution is 6.09. The first kappa shape index (κ1) is 24.6. The molecule has 0 amide bonds. The number of carbonyl (C=O) groups excluding carboxylic acids is 1. The first-order valence-electron chi connectivity index (χ1n) is 13.4. The second kappa shape index (κ2) is 11.8. The van der Waals surface area contributed by atoms with E-state index in [2.05, 4.69) is 19.1 Å². The van der Waals surface area contributed by atoms with E-state index in [0.717, 1.165) is 17.8 Å². The molecule has 2 aromatic rings. The number of ketones is 1. The summed E-state index contributed by atoms with van der Waals surface area (Å²) < 4.78 is 0. The first-order valence-corrected chi connectivity index (χ1v) is 13.4. The van der Waals surface area contributed by atoms with Crippen molar-refractivity contribution in [1.82, 2.24) is 0 Å². The number of nitro groups is 1. The molecule has 0 heterocycles. The van der Waals surface area contributed by atoms with Gasteiger partial charge in [-0.3, -0.25) is 14.9 Å². The number of hydrogen-bond acceptors (Lipinski definition) is 3. The number of nitrogens with zero attached hydrogens (tertiary/aromatic N) is 1. The molecule has 0 bridgehead atoms. The first-order chi connectivity index (χ1) is 16.5. The number of hydrogen-bond donors (Lipinski definition) is 0. The zero-order valence-corrected chi connectivity index (χ0v) is 20.6. The Balaban J connectivity index is 1.25. The lowest BCUT2D eigenvalue weighted by atomic mass is 9.68. The lowest BCUT2D eigenvalue weighted by Gasteiger charge is -2.38. The van der Waals surface area contributed by atoms with E-state index in [1.165, 1.54) is 107 Å². The molecule has 182 valence electrons. The van der Waals surface area contributed by atoms with Crippen LogP contribution in [0.1, 0.15) is 111 Å². The number of carbonyl (C=O) groups is 1. The van der Waals surface area contributed by atoms with Gasteiger partial charge in [0.15, 0.2) is 5.78 Å². The van der Waals surface area contributed by atoms with E-state index in [9.17, 15) is 14.9 Å².